The molecule has 3 rings (SSSR count). The zero-order valence-corrected chi connectivity index (χ0v) is 17.2. The van der Waals surface area contributed by atoms with Gasteiger partial charge in [-0.15, -0.1) is 0 Å². The average Bonchev–Trinajstić information content (AvgIpc) is 2.61. The number of nitrogens with one attached hydrogen (secondary N) is 1. The van der Waals surface area contributed by atoms with Gasteiger partial charge in [-0.25, -0.2) is 9.82 Å². The topological polar surface area (TPSA) is 44.7 Å². The quantitative estimate of drug-likeness (QED) is 0.592. The third-order valence-electron chi connectivity index (χ3n) is 5.28. The Hall–Kier alpha value is -2.69. The van der Waals surface area contributed by atoms with E-state index in [1.807, 2.05) is 6.07 Å². The highest BCUT2D eigenvalue weighted by Gasteiger charge is 2.37. The Morgan fingerprint density at radius 3 is 2.71 bits per heavy atom. The Morgan fingerprint density at radius 1 is 1.29 bits per heavy atom. The van der Waals surface area contributed by atoms with Crippen LogP contribution >= 0.6 is 0 Å². The smallest absolute Gasteiger partial charge is 0.271 e. The van der Waals surface area contributed by atoms with Gasteiger partial charge >= 0.3 is 0 Å². The first kappa shape index (κ1) is 20.1. The fourth-order valence-electron chi connectivity index (χ4n) is 4.39. The summed E-state index contributed by atoms with van der Waals surface area (Å²) in [7, 11) is 0. The Kier molecular flexibility index (Phi) is 5.54. The van der Waals surface area contributed by atoms with Crippen molar-refractivity contribution in [1.29, 1.82) is 0 Å². The van der Waals surface area contributed by atoms with Gasteiger partial charge in [0, 0.05) is 22.8 Å². The lowest BCUT2D eigenvalue weighted by Gasteiger charge is -2.50. The second-order valence-electron chi connectivity index (χ2n) is 8.41. The molecule has 1 N–H and O–H groups in total. The lowest BCUT2D eigenvalue weighted by molar-refractivity contribution is 0.0954. The van der Waals surface area contributed by atoms with E-state index in [9.17, 15) is 9.18 Å². The first-order valence-electron chi connectivity index (χ1n) is 9.71. The molecule has 5 heteroatoms. The van der Waals surface area contributed by atoms with Crippen LogP contribution in [0.15, 0.2) is 47.6 Å². The average molecular weight is 381 g/mol. The predicted molar refractivity (Wildman–Crippen MR) is 113 cm³/mol. The van der Waals surface area contributed by atoms with Crippen molar-refractivity contribution in [2.75, 3.05) is 4.90 Å². The lowest BCUT2D eigenvalue weighted by Crippen LogP contribution is -2.51. The summed E-state index contributed by atoms with van der Waals surface area (Å²) in [5.74, 6) is -0.442. The minimum Gasteiger partial charge on any atom is -0.364 e. The molecule has 2 aromatic rings. The van der Waals surface area contributed by atoms with Crippen LogP contribution in [0.4, 0.5) is 10.1 Å². The fraction of sp³-hybridized carbons (Fsp3) is 0.391. The molecule has 0 unspecified atom stereocenters. The number of benzene rings is 2. The van der Waals surface area contributed by atoms with Gasteiger partial charge in [0.15, 0.2) is 0 Å². The van der Waals surface area contributed by atoms with E-state index in [1.54, 1.807) is 12.3 Å². The number of rotatable bonds is 4. The zero-order valence-electron chi connectivity index (χ0n) is 17.2. The van der Waals surface area contributed by atoms with Crippen molar-refractivity contribution >= 4 is 17.8 Å². The second-order valence-corrected chi connectivity index (χ2v) is 8.41. The van der Waals surface area contributed by atoms with Gasteiger partial charge in [0.25, 0.3) is 5.91 Å². The highest BCUT2D eigenvalue weighted by molar-refractivity contribution is 5.94. The maximum atomic E-state index is 13.2. The first-order valence-corrected chi connectivity index (χ1v) is 9.71. The van der Waals surface area contributed by atoms with Gasteiger partial charge in [0.2, 0.25) is 0 Å². The van der Waals surface area contributed by atoms with E-state index >= 15 is 0 Å². The minimum absolute atomic E-state index is 0.106. The van der Waals surface area contributed by atoms with Crippen LogP contribution in [0.25, 0.3) is 0 Å². The normalized spacial score (nSPS) is 18.4. The number of amides is 1. The molecule has 0 radical (unpaired) electrons. The van der Waals surface area contributed by atoms with Gasteiger partial charge in [-0.1, -0.05) is 19.1 Å². The molecular formula is C23H28FN3O. The lowest BCUT2D eigenvalue weighted by atomic mass is 9.79. The van der Waals surface area contributed by atoms with Crippen LogP contribution in [0.5, 0.6) is 0 Å². The Balaban J connectivity index is 1.79. The number of nitrogens with zero attached hydrogens (tertiary/aromatic N) is 2. The van der Waals surface area contributed by atoms with E-state index in [0.717, 1.165) is 12.0 Å². The summed E-state index contributed by atoms with van der Waals surface area (Å²) >= 11 is 0. The largest absolute Gasteiger partial charge is 0.364 e. The molecule has 0 saturated heterocycles. The highest BCUT2D eigenvalue weighted by atomic mass is 19.1. The molecule has 2 aromatic carbocycles. The molecule has 28 heavy (non-hydrogen) atoms. The van der Waals surface area contributed by atoms with Crippen molar-refractivity contribution in [1.82, 2.24) is 5.43 Å². The maximum absolute atomic E-state index is 13.2. The third-order valence-corrected chi connectivity index (χ3v) is 5.28. The monoisotopic (exact) mass is 381 g/mol. The Morgan fingerprint density at radius 2 is 2.04 bits per heavy atom. The summed E-state index contributed by atoms with van der Waals surface area (Å²) in [5.41, 5.74) is 6.30. The maximum Gasteiger partial charge on any atom is 0.271 e. The van der Waals surface area contributed by atoms with Crippen molar-refractivity contribution in [3.63, 3.8) is 0 Å². The summed E-state index contributed by atoms with van der Waals surface area (Å²) < 4.78 is 13.2. The number of anilines is 1. The molecule has 1 heterocycles. The third kappa shape index (κ3) is 4.08. The van der Waals surface area contributed by atoms with Crippen LogP contribution in [-0.4, -0.2) is 23.7 Å². The molecular weight excluding hydrogens is 353 g/mol. The van der Waals surface area contributed by atoms with Crippen LogP contribution in [0.1, 0.15) is 68.4 Å². The molecule has 0 aliphatic carbocycles. The molecule has 1 atom stereocenters. The number of fused-ring (bicyclic) bond motifs is 1. The van der Waals surface area contributed by atoms with Crippen molar-refractivity contribution < 1.29 is 9.18 Å². The molecule has 4 nitrogen and oxygen atoms in total. The SMILES string of the molecule is CC(C)N1c2ccc(/C=N\NC(=O)c3cccc(F)c3)cc2[C@H](C)CC1(C)C. The summed E-state index contributed by atoms with van der Waals surface area (Å²) in [4.78, 5) is 14.5. The molecule has 0 aromatic heterocycles. The van der Waals surface area contributed by atoms with Crippen molar-refractivity contribution in [2.24, 2.45) is 5.10 Å². The Labute approximate surface area is 166 Å². The van der Waals surface area contributed by atoms with Crippen LogP contribution in [0.2, 0.25) is 0 Å². The second kappa shape index (κ2) is 7.74. The van der Waals surface area contributed by atoms with E-state index in [4.69, 9.17) is 0 Å². The molecule has 148 valence electrons. The van der Waals surface area contributed by atoms with E-state index in [2.05, 4.69) is 62.2 Å². The fourth-order valence-corrected chi connectivity index (χ4v) is 4.39. The summed E-state index contributed by atoms with van der Waals surface area (Å²) in [6, 6.07) is 12.2. The molecule has 0 saturated carbocycles. The van der Waals surface area contributed by atoms with Crippen molar-refractivity contribution in [3.05, 3.63) is 65.0 Å². The molecule has 0 spiro atoms. The van der Waals surface area contributed by atoms with E-state index in [1.165, 1.54) is 29.4 Å². The number of halogens is 1. The summed E-state index contributed by atoms with van der Waals surface area (Å²) in [5, 5.41) is 4.04. The zero-order chi connectivity index (χ0) is 20.5. The van der Waals surface area contributed by atoms with E-state index in [0.29, 0.717) is 12.0 Å². The van der Waals surface area contributed by atoms with Gasteiger partial charge < -0.3 is 4.90 Å². The molecule has 1 amide bonds. The number of carbonyl (C=O) groups is 1. The number of hydrogen-bond donors (Lipinski definition) is 1. The van der Waals surface area contributed by atoms with Gasteiger partial charge in [-0.05, 0) is 81.5 Å². The minimum atomic E-state index is -0.446. The molecule has 1 aliphatic heterocycles. The van der Waals surface area contributed by atoms with Crippen molar-refractivity contribution in [3.8, 4) is 0 Å². The van der Waals surface area contributed by atoms with Gasteiger partial charge in [-0.2, -0.15) is 5.10 Å². The number of hydrogen-bond acceptors (Lipinski definition) is 3. The van der Waals surface area contributed by atoms with Crippen LogP contribution in [0.3, 0.4) is 0 Å². The van der Waals surface area contributed by atoms with Gasteiger partial charge in [0.05, 0.1) is 6.21 Å². The van der Waals surface area contributed by atoms with E-state index < -0.39 is 11.7 Å². The molecule has 0 fully saturated rings. The number of carbonyl (C=O) groups excluding carboxylic acids is 1. The van der Waals surface area contributed by atoms with Gasteiger partial charge in [0.1, 0.15) is 5.82 Å². The van der Waals surface area contributed by atoms with E-state index in [-0.39, 0.29) is 11.1 Å². The van der Waals surface area contributed by atoms with Crippen molar-refractivity contribution in [2.45, 2.75) is 58.5 Å². The summed E-state index contributed by atoms with van der Waals surface area (Å²) in [6.07, 6.45) is 2.71. The van der Waals surface area contributed by atoms with Crippen LogP contribution in [0, 0.1) is 5.82 Å². The highest BCUT2D eigenvalue weighted by Crippen LogP contribution is 2.44. The molecule has 0 bridgehead atoms. The number of hydrazone groups is 1. The van der Waals surface area contributed by atoms with Crippen LogP contribution in [-0.2, 0) is 0 Å². The van der Waals surface area contributed by atoms with Crippen LogP contribution < -0.4 is 10.3 Å². The predicted octanol–water partition coefficient (Wildman–Crippen LogP) is 5.09. The van der Waals surface area contributed by atoms with Gasteiger partial charge in [-0.3, -0.25) is 4.79 Å². The standard InChI is InChI=1S/C23H28FN3O/c1-15(2)27-21-10-9-17(11-20(21)16(3)13-23(27,4)5)14-25-26-22(28)18-7-6-8-19(24)12-18/h6-12,14-16H,13H2,1-5H3,(H,26,28)/b25-14-/t16-/m1/s1. The summed E-state index contributed by atoms with van der Waals surface area (Å²) in [6.45, 7) is 11.3. The Bertz CT molecular complexity index is 904. The first-order chi connectivity index (χ1) is 13.2. The molecule has 1 aliphatic rings.